The predicted molar refractivity (Wildman–Crippen MR) is 134 cm³/mol. The molecule has 2 aliphatic heterocycles. The van der Waals surface area contributed by atoms with Crippen LogP contribution in [-0.2, 0) is 20.7 Å². The molecule has 0 aliphatic carbocycles. The van der Waals surface area contributed by atoms with Gasteiger partial charge >= 0.3 is 17.9 Å². The summed E-state index contributed by atoms with van der Waals surface area (Å²) in [7, 11) is 1.29. The average molecular weight is 499 g/mol. The van der Waals surface area contributed by atoms with Gasteiger partial charge in [-0.05, 0) is 42.0 Å². The molecule has 1 atom stereocenters. The molecule has 9 nitrogen and oxygen atoms in total. The third-order valence-corrected chi connectivity index (χ3v) is 6.26. The van der Waals surface area contributed by atoms with E-state index in [2.05, 4.69) is 10.1 Å². The highest BCUT2D eigenvalue weighted by Crippen LogP contribution is 2.32. The second kappa shape index (κ2) is 10.1. The highest BCUT2D eigenvalue weighted by atomic mass is 16.5. The van der Waals surface area contributed by atoms with E-state index in [1.54, 1.807) is 36.4 Å². The van der Waals surface area contributed by atoms with Crippen molar-refractivity contribution in [1.29, 1.82) is 0 Å². The molecule has 0 aromatic heterocycles. The SMILES string of the molecule is COC(=O)c1ccc(NC(=O)C[N+]2=C3c4ccccc4OC3C(=O)N(CCc3ccccc3)C2=O)cc1. The highest BCUT2D eigenvalue weighted by molar-refractivity contribution is 6.22. The number of rotatable bonds is 7. The second-order valence-electron chi connectivity index (χ2n) is 8.59. The number of amides is 4. The lowest BCUT2D eigenvalue weighted by molar-refractivity contribution is -0.428. The minimum atomic E-state index is -1.02. The molecule has 186 valence electrons. The fourth-order valence-electron chi connectivity index (χ4n) is 4.44. The first-order valence-electron chi connectivity index (χ1n) is 11.7. The summed E-state index contributed by atoms with van der Waals surface area (Å²) >= 11 is 0. The van der Waals surface area contributed by atoms with Crippen molar-refractivity contribution in [2.24, 2.45) is 0 Å². The van der Waals surface area contributed by atoms with Crippen LogP contribution in [0, 0.1) is 0 Å². The number of urea groups is 1. The van der Waals surface area contributed by atoms with Gasteiger partial charge in [-0.1, -0.05) is 42.5 Å². The molecule has 0 bridgehead atoms. The summed E-state index contributed by atoms with van der Waals surface area (Å²) < 4.78 is 11.9. The van der Waals surface area contributed by atoms with Gasteiger partial charge in [0.15, 0.2) is 12.3 Å². The number of imide groups is 1. The Balaban J connectivity index is 1.41. The lowest BCUT2D eigenvalue weighted by atomic mass is 10.0. The standard InChI is InChI=1S/C28H23N3O6/c1-36-27(34)19-11-13-20(14-12-19)29-23(32)17-31-24-21-9-5-6-10-22(21)37-25(24)26(33)30(28(31)35)16-15-18-7-3-2-4-8-18/h2-14,25H,15-17H2,1H3/p+1. The largest absolute Gasteiger partial charge is 0.501 e. The minimum absolute atomic E-state index is 0.151. The van der Waals surface area contributed by atoms with Crippen molar-refractivity contribution in [2.75, 3.05) is 25.5 Å². The second-order valence-corrected chi connectivity index (χ2v) is 8.59. The van der Waals surface area contributed by atoms with Gasteiger partial charge < -0.3 is 14.8 Å². The number of esters is 1. The van der Waals surface area contributed by atoms with Gasteiger partial charge in [0, 0.05) is 12.1 Å². The zero-order valence-electron chi connectivity index (χ0n) is 20.0. The summed E-state index contributed by atoms with van der Waals surface area (Å²) in [6.45, 7) is -0.172. The van der Waals surface area contributed by atoms with Crippen molar-refractivity contribution >= 4 is 35.2 Å². The lowest BCUT2D eigenvalue weighted by Gasteiger charge is -2.24. The fraction of sp³-hybridized carbons (Fsp3) is 0.179. The van der Waals surface area contributed by atoms with Gasteiger partial charge in [0.1, 0.15) is 12.3 Å². The summed E-state index contributed by atoms with van der Waals surface area (Å²) in [5.74, 6) is -0.925. The first kappa shape index (κ1) is 23.9. The molecule has 5 rings (SSSR count). The Kier molecular flexibility index (Phi) is 6.51. The normalized spacial score (nSPS) is 16.1. The van der Waals surface area contributed by atoms with E-state index in [9.17, 15) is 19.2 Å². The molecule has 0 saturated heterocycles. The molecule has 2 aliphatic rings. The maximum Gasteiger partial charge on any atom is 0.501 e. The number of para-hydroxylation sites is 1. The first-order chi connectivity index (χ1) is 18.0. The van der Waals surface area contributed by atoms with Gasteiger partial charge in [-0.25, -0.2) is 9.59 Å². The van der Waals surface area contributed by atoms with Crippen LogP contribution in [0.4, 0.5) is 10.5 Å². The quantitative estimate of drug-likeness (QED) is 0.397. The number of ether oxygens (including phenoxy) is 2. The number of carbonyl (C=O) groups excluding carboxylic acids is 4. The minimum Gasteiger partial charge on any atom is -0.469 e. The van der Waals surface area contributed by atoms with Crippen LogP contribution in [0.25, 0.3) is 0 Å². The molecule has 4 amide bonds. The number of nitrogens with one attached hydrogen (secondary N) is 1. The summed E-state index contributed by atoms with van der Waals surface area (Å²) in [5, 5.41) is 2.74. The van der Waals surface area contributed by atoms with Crippen molar-refractivity contribution in [3.05, 3.63) is 95.6 Å². The Morgan fingerprint density at radius 3 is 2.41 bits per heavy atom. The zero-order chi connectivity index (χ0) is 25.9. The van der Waals surface area contributed by atoms with Crippen molar-refractivity contribution < 1.29 is 33.2 Å². The van der Waals surface area contributed by atoms with E-state index in [1.165, 1.54) is 23.8 Å². The summed E-state index contributed by atoms with van der Waals surface area (Å²) in [4.78, 5) is 52.7. The van der Waals surface area contributed by atoms with E-state index in [1.807, 2.05) is 30.3 Å². The molecule has 0 fully saturated rings. The van der Waals surface area contributed by atoms with E-state index in [-0.39, 0.29) is 13.1 Å². The number of nitrogens with zero attached hydrogens (tertiary/aromatic N) is 2. The van der Waals surface area contributed by atoms with E-state index >= 15 is 0 Å². The molecule has 0 saturated carbocycles. The highest BCUT2D eigenvalue weighted by Gasteiger charge is 2.53. The molecule has 1 N–H and O–H groups in total. The summed E-state index contributed by atoms with van der Waals surface area (Å²) in [5.41, 5.74) is 2.74. The van der Waals surface area contributed by atoms with Crippen LogP contribution >= 0.6 is 0 Å². The molecule has 1 unspecified atom stereocenters. The monoisotopic (exact) mass is 498 g/mol. The molecule has 9 heteroatoms. The average Bonchev–Trinajstić information content (AvgIpc) is 3.31. The fourth-order valence-corrected chi connectivity index (χ4v) is 4.44. The Morgan fingerprint density at radius 1 is 0.973 bits per heavy atom. The Morgan fingerprint density at radius 2 is 1.68 bits per heavy atom. The van der Waals surface area contributed by atoms with Crippen LogP contribution in [0.2, 0.25) is 0 Å². The number of hydrogen-bond acceptors (Lipinski definition) is 6. The lowest BCUT2D eigenvalue weighted by Crippen LogP contribution is -2.59. The molecule has 3 aromatic rings. The summed E-state index contributed by atoms with van der Waals surface area (Å²) in [6, 6.07) is 22.2. The van der Waals surface area contributed by atoms with Crippen LogP contribution < -0.4 is 10.1 Å². The maximum atomic E-state index is 13.6. The van der Waals surface area contributed by atoms with Crippen molar-refractivity contribution in [3.8, 4) is 5.75 Å². The van der Waals surface area contributed by atoms with E-state index in [0.29, 0.717) is 34.7 Å². The predicted octanol–water partition coefficient (Wildman–Crippen LogP) is 2.88. The zero-order valence-corrected chi connectivity index (χ0v) is 20.0. The molecule has 3 aromatic carbocycles. The van der Waals surface area contributed by atoms with Crippen LogP contribution in [0.15, 0.2) is 78.9 Å². The number of carbonyl (C=O) groups is 4. The van der Waals surface area contributed by atoms with Crippen LogP contribution in [0.1, 0.15) is 21.5 Å². The Bertz CT molecular complexity index is 1420. The van der Waals surface area contributed by atoms with Crippen LogP contribution in [-0.4, -0.2) is 65.3 Å². The molecule has 0 spiro atoms. The van der Waals surface area contributed by atoms with E-state index in [0.717, 1.165) is 10.5 Å². The molecular formula is C28H24N3O6+. The molecular weight excluding hydrogens is 474 g/mol. The van der Waals surface area contributed by atoms with E-state index in [4.69, 9.17) is 4.74 Å². The van der Waals surface area contributed by atoms with Gasteiger partial charge in [0.25, 0.3) is 12.0 Å². The first-order valence-corrected chi connectivity index (χ1v) is 11.7. The maximum absolute atomic E-state index is 13.6. The van der Waals surface area contributed by atoms with Crippen molar-refractivity contribution in [1.82, 2.24) is 4.90 Å². The smallest absolute Gasteiger partial charge is 0.469 e. The van der Waals surface area contributed by atoms with Gasteiger partial charge in [0.05, 0.1) is 18.2 Å². The van der Waals surface area contributed by atoms with E-state index < -0.39 is 29.9 Å². The van der Waals surface area contributed by atoms with Gasteiger partial charge in [-0.2, -0.15) is 14.3 Å². The molecule has 2 heterocycles. The van der Waals surface area contributed by atoms with Crippen molar-refractivity contribution in [2.45, 2.75) is 12.5 Å². The van der Waals surface area contributed by atoms with Crippen LogP contribution in [0.3, 0.4) is 0 Å². The molecule has 37 heavy (non-hydrogen) atoms. The molecule has 0 radical (unpaired) electrons. The number of anilines is 1. The third kappa shape index (κ3) is 4.71. The summed E-state index contributed by atoms with van der Waals surface area (Å²) in [6.07, 6.45) is -0.544. The number of hydrogen-bond donors (Lipinski definition) is 1. The third-order valence-electron chi connectivity index (χ3n) is 6.26. The number of benzene rings is 3. The topological polar surface area (TPSA) is 105 Å². The van der Waals surface area contributed by atoms with Gasteiger partial charge in [0.2, 0.25) is 0 Å². The van der Waals surface area contributed by atoms with Crippen LogP contribution in [0.5, 0.6) is 5.75 Å². The van der Waals surface area contributed by atoms with Crippen molar-refractivity contribution in [3.63, 3.8) is 0 Å². The Labute approximate surface area is 212 Å². The Hall–Kier alpha value is -4.79. The number of methoxy groups -OCH3 is 1. The van der Waals surface area contributed by atoms with Gasteiger partial charge in [-0.15, -0.1) is 0 Å². The van der Waals surface area contributed by atoms with Gasteiger partial charge in [-0.3, -0.25) is 4.79 Å². The number of fused-ring (bicyclic) bond motifs is 3.